The van der Waals surface area contributed by atoms with Gasteiger partial charge in [-0.25, -0.2) is 4.79 Å². The van der Waals surface area contributed by atoms with Gasteiger partial charge in [0.1, 0.15) is 5.60 Å². The molecule has 1 saturated heterocycles. The Morgan fingerprint density at radius 2 is 2.00 bits per heavy atom. The highest BCUT2D eigenvalue weighted by atomic mass is 32.2. The van der Waals surface area contributed by atoms with Gasteiger partial charge in [-0.15, -0.1) is 11.8 Å². The second-order valence-corrected chi connectivity index (χ2v) is 9.92. The molecule has 1 fully saturated rings. The van der Waals surface area contributed by atoms with E-state index in [2.05, 4.69) is 10.2 Å². The zero-order chi connectivity index (χ0) is 23.0. The highest BCUT2D eigenvalue weighted by Crippen LogP contribution is 2.27. The molecule has 1 aliphatic heterocycles. The van der Waals surface area contributed by atoms with Gasteiger partial charge >= 0.3 is 6.09 Å². The number of hydrogen-bond acceptors (Lipinski definition) is 6. The summed E-state index contributed by atoms with van der Waals surface area (Å²) in [6, 6.07) is 7.37. The van der Waals surface area contributed by atoms with Crippen LogP contribution in [0.15, 0.2) is 29.2 Å². The van der Waals surface area contributed by atoms with Crippen LogP contribution in [0.3, 0.4) is 0 Å². The quantitative estimate of drug-likeness (QED) is 0.590. The summed E-state index contributed by atoms with van der Waals surface area (Å²) in [7, 11) is 1.75. The van der Waals surface area contributed by atoms with E-state index in [1.807, 2.05) is 45.0 Å². The minimum Gasteiger partial charge on any atom is -0.444 e. The first kappa shape index (κ1) is 25.0. The summed E-state index contributed by atoms with van der Waals surface area (Å²) in [4.78, 5) is 40.4. The first-order valence-corrected chi connectivity index (χ1v) is 11.5. The number of piperidine rings is 1. The van der Waals surface area contributed by atoms with Crippen molar-refractivity contribution in [2.45, 2.75) is 44.1 Å². The fraction of sp³-hybridized carbons (Fsp3) is 0.591. The van der Waals surface area contributed by atoms with E-state index < -0.39 is 11.5 Å². The molecule has 2 rings (SSSR count). The molecule has 1 unspecified atom stereocenters. The Hall–Kier alpha value is -2.26. The van der Waals surface area contributed by atoms with Gasteiger partial charge in [-0.3, -0.25) is 14.5 Å². The average Bonchev–Trinajstić information content (AvgIpc) is 2.66. The van der Waals surface area contributed by atoms with Crippen LogP contribution in [0.25, 0.3) is 0 Å². The Balaban J connectivity index is 1.86. The second-order valence-electron chi connectivity index (χ2n) is 8.90. The smallest absolute Gasteiger partial charge is 0.410 e. The van der Waals surface area contributed by atoms with E-state index in [0.717, 1.165) is 30.8 Å². The summed E-state index contributed by atoms with van der Waals surface area (Å²) < 4.78 is 5.42. The number of nitrogens with zero attached hydrogens (tertiary/aromatic N) is 2. The van der Waals surface area contributed by atoms with Crippen LogP contribution < -0.4 is 11.1 Å². The summed E-state index contributed by atoms with van der Waals surface area (Å²) in [6.45, 7) is 8.02. The maximum absolute atomic E-state index is 12.6. The van der Waals surface area contributed by atoms with Gasteiger partial charge in [-0.1, -0.05) is 12.1 Å². The fourth-order valence-electron chi connectivity index (χ4n) is 3.48. The van der Waals surface area contributed by atoms with Crippen molar-refractivity contribution in [1.82, 2.24) is 9.80 Å². The molecule has 0 bridgehead atoms. The summed E-state index contributed by atoms with van der Waals surface area (Å²) in [5, 5.41) is 2.94. The van der Waals surface area contributed by atoms with Crippen molar-refractivity contribution in [3.8, 4) is 0 Å². The molecule has 9 heteroatoms. The number of primary amides is 1. The maximum Gasteiger partial charge on any atom is 0.410 e. The Morgan fingerprint density at radius 1 is 1.29 bits per heavy atom. The van der Waals surface area contributed by atoms with Gasteiger partial charge in [0.25, 0.3) is 0 Å². The zero-order valence-electron chi connectivity index (χ0n) is 18.8. The number of nitrogens with one attached hydrogen (secondary N) is 1. The molecule has 0 radical (unpaired) electrons. The molecule has 1 heterocycles. The number of nitrogens with two attached hydrogens (primary N) is 1. The molecule has 3 N–H and O–H groups in total. The average molecular weight is 451 g/mol. The van der Waals surface area contributed by atoms with Gasteiger partial charge in [0.2, 0.25) is 11.8 Å². The number of amides is 3. The highest BCUT2D eigenvalue weighted by Gasteiger charge is 2.26. The number of para-hydroxylation sites is 1. The number of anilines is 1. The minimum atomic E-state index is -0.520. The lowest BCUT2D eigenvalue weighted by Gasteiger charge is -2.34. The predicted octanol–water partition coefficient (Wildman–Crippen LogP) is 2.78. The number of likely N-dealkylation sites (tertiary alicyclic amines) is 1. The predicted molar refractivity (Wildman–Crippen MR) is 123 cm³/mol. The highest BCUT2D eigenvalue weighted by molar-refractivity contribution is 8.00. The van der Waals surface area contributed by atoms with Crippen molar-refractivity contribution in [3.05, 3.63) is 24.3 Å². The third-order valence-electron chi connectivity index (χ3n) is 4.74. The van der Waals surface area contributed by atoms with Crippen LogP contribution in [0.4, 0.5) is 10.5 Å². The van der Waals surface area contributed by atoms with Crippen LogP contribution in [0.5, 0.6) is 0 Å². The number of thioether (sulfide) groups is 1. The number of carbonyl (C=O) groups excluding carboxylic acids is 3. The summed E-state index contributed by atoms with van der Waals surface area (Å²) in [5.74, 6) is -0.0566. The Morgan fingerprint density at radius 3 is 2.68 bits per heavy atom. The molecule has 0 aliphatic carbocycles. The zero-order valence-corrected chi connectivity index (χ0v) is 19.7. The van der Waals surface area contributed by atoms with E-state index in [-0.39, 0.29) is 30.2 Å². The van der Waals surface area contributed by atoms with E-state index in [4.69, 9.17) is 10.5 Å². The van der Waals surface area contributed by atoms with Crippen molar-refractivity contribution in [1.29, 1.82) is 0 Å². The van der Waals surface area contributed by atoms with E-state index >= 15 is 0 Å². The molecule has 0 saturated carbocycles. The first-order chi connectivity index (χ1) is 14.5. The maximum atomic E-state index is 12.6. The Bertz CT molecular complexity index is 781. The van der Waals surface area contributed by atoms with Crippen LogP contribution >= 0.6 is 11.8 Å². The molecule has 3 amide bonds. The Kier molecular flexibility index (Phi) is 9.18. The molecular weight excluding hydrogens is 416 g/mol. The van der Waals surface area contributed by atoms with Gasteiger partial charge in [-0.05, 0) is 58.2 Å². The second kappa shape index (κ2) is 11.4. The Labute approximate surface area is 188 Å². The molecule has 1 aromatic carbocycles. The van der Waals surface area contributed by atoms with Gasteiger partial charge < -0.3 is 20.7 Å². The van der Waals surface area contributed by atoms with E-state index in [1.54, 1.807) is 11.9 Å². The SMILES string of the molecule is CN(CC1CCCN(CC(=O)Nc2ccccc2SCC(N)=O)C1)C(=O)OC(C)(C)C. The topological polar surface area (TPSA) is 105 Å². The number of rotatable bonds is 8. The van der Waals surface area contributed by atoms with Crippen LogP contribution in [-0.4, -0.2) is 72.3 Å². The van der Waals surface area contributed by atoms with Gasteiger partial charge in [-0.2, -0.15) is 0 Å². The molecular formula is C22H34N4O4S. The summed E-state index contributed by atoms with van der Waals surface area (Å²) in [5.41, 5.74) is 5.38. The van der Waals surface area contributed by atoms with Crippen LogP contribution in [0.2, 0.25) is 0 Å². The molecule has 1 aliphatic rings. The lowest BCUT2D eigenvalue weighted by Crippen LogP contribution is -2.45. The largest absolute Gasteiger partial charge is 0.444 e. The van der Waals surface area contributed by atoms with Crippen LogP contribution in [-0.2, 0) is 14.3 Å². The van der Waals surface area contributed by atoms with Crippen molar-refractivity contribution < 1.29 is 19.1 Å². The van der Waals surface area contributed by atoms with Crippen LogP contribution in [0, 0.1) is 5.92 Å². The molecule has 172 valence electrons. The van der Waals surface area contributed by atoms with Gasteiger partial charge in [0, 0.05) is 25.0 Å². The molecule has 0 aromatic heterocycles. The number of ether oxygens (including phenoxy) is 1. The normalized spacial score (nSPS) is 17.1. The molecule has 1 atom stereocenters. The number of carbonyl (C=O) groups is 3. The molecule has 31 heavy (non-hydrogen) atoms. The molecule has 0 spiro atoms. The lowest BCUT2D eigenvalue weighted by molar-refractivity contribution is -0.118. The minimum absolute atomic E-state index is 0.103. The van der Waals surface area contributed by atoms with E-state index in [0.29, 0.717) is 12.2 Å². The van der Waals surface area contributed by atoms with Crippen LogP contribution in [0.1, 0.15) is 33.6 Å². The molecule has 1 aromatic rings. The van der Waals surface area contributed by atoms with Crippen molar-refractivity contribution in [2.75, 3.05) is 44.3 Å². The lowest BCUT2D eigenvalue weighted by atomic mass is 9.97. The van der Waals surface area contributed by atoms with E-state index in [9.17, 15) is 14.4 Å². The van der Waals surface area contributed by atoms with Gasteiger partial charge in [0.05, 0.1) is 18.0 Å². The fourth-order valence-corrected chi connectivity index (χ4v) is 4.23. The third kappa shape index (κ3) is 9.18. The summed E-state index contributed by atoms with van der Waals surface area (Å²) >= 11 is 1.30. The molecule has 8 nitrogen and oxygen atoms in total. The monoisotopic (exact) mass is 450 g/mol. The van der Waals surface area contributed by atoms with Gasteiger partial charge in [0.15, 0.2) is 0 Å². The van der Waals surface area contributed by atoms with E-state index in [1.165, 1.54) is 11.8 Å². The van der Waals surface area contributed by atoms with Crippen molar-refractivity contribution >= 4 is 35.4 Å². The standard InChI is InChI=1S/C22H34N4O4S/c1-22(2,3)30-21(29)25(4)12-16-8-7-11-26(13-16)14-20(28)24-17-9-5-6-10-18(17)31-15-19(23)27/h5-6,9-10,16H,7-8,11-15H2,1-4H3,(H2,23,27)(H,24,28). The third-order valence-corrected chi connectivity index (χ3v) is 5.83. The number of hydrogen-bond donors (Lipinski definition) is 2. The first-order valence-electron chi connectivity index (χ1n) is 10.5. The number of benzene rings is 1. The summed E-state index contributed by atoms with van der Waals surface area (Å²) in [6.07, 6.45) is 1.66. The van der Waals surface area contributed by atoms with Crippen molar-refractivity contribution in [3.63, 3.8) is 0 Å². The van der Waals surface area contributed by atoms with Crippen molar-refractivity contribution in [2.24, 2.45) is 11.7 Å².